The monoisotopic (exact) mass is 114 g/mol. The van der Waals surface area contributed by atoms with Gasteiger partial charge in [0.25, 0.3) is 0 Å². The largest absolute Gasteiger partial charge is 0.107 e. The molecule has 0 aliphatic carbocycles. The number of thioether (sulfide) groups is 1. The fourth-order valence-electron chi connectivity index (χ4n) is 0.202. The van der Waals surface area contributed by atoms with E-state index in [1.165, 1.54) is 0 Å². The van der Waals surface area contributed by atoms with Gasteiger partial charge in [-0.05, 0) is 24.7 Å². The Hall–Kier alpha value is -0.170. The highest BCUT2D eigenvalue weighted by Gasteiger charge is 1.61. The van der Waals surface area contributed by atoms with Gasteiger partial charge in [-0.15, -0.1) is 11.8 Å². The van der Waals surface area contributed by atoms with E-state index in [0.717, 1.165) is 0 Å². The van der Waals surface area contributed by atoms with E-state index < -0.39 is 0 Å². The molecule has 0 saturated carbocycles. The number of rotatable bonds is 2. The van der Waals surface area contributed by atoms with E-state index in [1.54, 1.807) is 11.8 Å². The summed E-state index contributed by atoms with van der Waals surface area (Å²) in [5.74, 6) is 0. The Balaban J connectivity index is 2.98. The Morgan fingerprint density at radius 2 is 1.43 bits per heavy atom. The van der Waals surface area contributed by atoms with Gasteiger partial charge in [0.15, 0.2) is 0 Å². The third kappa shape index (κ3) is 5.83. The SMILES string of the molecule is C/C=C\S/C=C/C. The number of hydrogen-bond acceptors (Lipinski definition) is 1. The second-order valence-corrected chi connectivity index (χ2v) is 1.89. The maximum atomic E-state index is 2.04. The van der Waals surface area contributed by atoms with Crippen molar-refractivity contribution in [2.45, 2.75) is 13.8 Å². The standard InChI is InChI=1S/C6H10S/c1-3-5-7-6-4-2/h3-6H,1-2H3/b5-3-,6-4+. The van der Waals surface area contributed by atoms with E-state index in [4.69, 9.17) is 0 Å². The molecule has 0 rings (SSSR count). The highest BCUT2D eigenvalue weighted by molar-refractivity contribution is 8.04. The van der Waals surface area contributed by atoms with Crippen LogP contribution in [0.4, 0.5) is 0 Å². The first-order chi connectivity index (χ1) is 3.41. The van der Waals surface area contributed by atoms with Gasteiger partial charge in [-0.3, -0.25) is 0 Å². The minimum Gasteiger partial charge on any atom is -0.107 e. The van der Waals surface area contributed by atoms with Crippen LogP contribution >= 0.6 is 11.8 Å². The van der Waals surface area contributed by atoms with Crippen LogP contribution in [0.2, 0.25) is 0 Å². The van der Waals surface area contributed by atoms with Gasteiger partial charge >= 0.3 is 0 Å². The van der Waals surface area contributed by atoms with Gasteiger partial charge in [-0.25, -0.2) is 0 Å². The van der Waals surface area contributed by atoms with E-state index in [-0.39, 0.29) is 0 Å². The summed E-state index contributed by atoms with van der Waals surface area (Å²) in [6.07, 6.45) is 4.04. The number of hydrogen-bond donors (Lipinski definition) is 0. The fraction of sp³-hybridized carbons (Fsp3) is 0.333. The summed E-state index contributed by atoms with van der Waals surface area (Å²) in [4.78, 5) is 0. The summed E-state index contributed by atoms with van der Waals surface area (Å²) < 4.78 is 0. The molecule has 40 valence electrons. The first kappa shape index (κ1) is 6.83. The summed E-state index contributed by atoms with van der Waals surface area (Å²) in [6, 6.07) is 0. The second-order valence-electron chi connectivity index (χ2n) is 1.07. The quantitative estimate of drug-likeness (QED) is 0.532. The van der Waals surface area contributed by atoms with Crippen molar-refractivity contribution in [2.24, 2.45) is 0 Å². The van der Waals surface area contributed by atoms with Crippen LogP contribution in [0.5, 0.6) is 0 Å². The van der Waals surface area contributed by atoms with Gasteiger partial charge in [0.1, 0.15) is 0 Å². The molecule has 0 N–H and O–H groups in total. The fourth-order valence-corrected chi connectivity index (χ4v) is 0.607. The molecule has 0 radical (unpaired) electrons. The molecule has 0 aliphatic rings. The lowest BCUT2D eigenvalue weighted by molar-refractivity contribution is 1.78. The van der Waals surface area contributed by atoms with Gasteiger partial charge in [-0.2, -0.15) is 0 Å². The molecule has 0 atom stereocenters. The minimum atomic E-state index is 1.69. The number of allylic oxidation sites excluding steroid dienone is 2. The summed E-state index contributed by atoms with van der Waals surface area (Å²) >= 11 is 1.69. The Bertz CT molecular complexity index is 62.2. The van der Waals surface area contributed by atoms with E-state index in [0.29, 0.717) is 0 Å². The lowest BCUT2D eigenvalue weighted by Gasteiger charge is -1.73. The zero-order valence-electron chi connectivity index (χ0n) is 4.72. The predicted molar refractivity (Wildman–Crippen MR) is 37.2 cm³/mol. The molecule has 0 spiro atoms. The van der Waals surface area contributed by atoms with Crippen molar-refractivity contribution < 1.29 is 0 Å². The summed E-state index contributed by atoms with van der Waals surface area (Å²) in [5, 5.41) is 4.08. The molecule has 0 aromatic rings. The smallest absolute Gasteiger partial charge is 0.0291 e. The molecule has 0 saturated heterocycles. The Morgan fingerprint density at radius 1 is 1.00 bits per heavy atom. The molecular formula is C6H10S. The van der Waals surface area contributed by atoms with Crippen molar-refractivity contribution in [3.63, 3.8) is 0 Å². The Labute approximate surface area is 49.3 Å². The summed E-state index contributed by atoms with van der Waals surface area (Å²) in [6.45, 7) is 4.02. The predicted octanol–water partition coefficient (Wildman–Crippen LogP) is 2.79. The molecule has 0 heterocycles. The topological polar surface area (TPSA) is 0 Å². The van der Waals surface area contributed by atoms with Crippen molar-refractivity contribution in [3.8, 4) is 0 Å². The third-order valence-corrected chi connectivity index (χ3v) is 1.29. The van der Waals surface area contributed by atoms with E-state index in [2.05, 4.69) is 0 Å². The zero-order chi connectivity index (χ0) is 5.54. The van der Waals surface area contributed by atoms with Crippen molar-refractivity contribution in [2.75, 3.05) is 0 Å². The Kier molecular flexibility index (Phi) is 5.69. The van der Waals surface area contributed by atoms with Crippen LogP contribution in [0.25, 0.3) is 0 Å². The normalized spacial score (nSPS) is 11.7. The van der Waals surface area contributed by atoms with Gasteiger partial charge in [-0.1, -0.05) is 12.2 Å². The van der Waals surface area contributed by atoms with E-state index in [9.17, 15) is 0 Å². The van der Waals surface area contributed by atoms with Crippen LogP contribution in [-0.2, 0) is 0 Å². The lowest BCUT2D eigenvalue weighted by atomic mass is 10.8. The van der Waals surface area contributed by atoms with Crippen LogP contribution < -0.4 is 0 Å². The molecule has 0 aliphatic heterocycles. The van der Waals surface area contributed by atoms with Crippen LogP contribution in [-0.4, -0.2) is 0 Å². The van der Waals surface area contributed by atoms with E-state index in [1.807, 2.05) is 36.8 Å². The molecule has 1 heteroatoms. The summed E-state index contributed by atoms with van der Waals surface area (Å²) in [7, 11) is 0. The summed E-state index contributed by atoms with van der Waals surface area (Å²) in [5.41, 5.74) is 0. The van der Waals surface area contributed by atoms with Gasteiger partial charge in [0.05, 0.1) is 0 Å². The van der Waals surface area contributed by atoms with Crippen molar-refractivity contribution >= 4 is 11.8 Å². The van der Waals surface area contributed by atoms with Crippen molar-refractivity contribution in [1.29, 1.82) is 0 Å². The maximum Gasteiger partial charge on any atom is -0.0291 e. The average Bonchev–Trinajstić information content (AvgIpc) is 1.69. The molecule has 0 aromatic heterocycles. The molecular weight excluding hydrogens is 104 g/mol. The maximum absolute atomic E-state index is 2.04. The van der Waals surface area contributed by atoms with Gasteiger partial charge < -0.3 is 0 Å². The third-order valence-electron chi connectivity index (χ3n) is 0.429. The average molecular weight is 114 g/mol. The molecule has 0 amide bonds. The zero-order valence-corrected chi connectivity index (χ0v) is 5.53. The van der Waals surface area contributed by atoms with Crippen LogP contribution in [0.15, 0.2) is 23.0 Å². The molecule has 0 bridgehead atoms. The van der Waals surface area contributed by atoms with Gasteiger partial charge in [0.2, 0.25) is 0 Å². The van der Waals surface area contributed by atoms with Crippen molar-refractivity contribution in [1.82, 2.24) is 0 Å². The van der Waals surface area contributed by atoms with Gasteiger partial charge in [0, 0.05) is 0 Å². The first-order valence-electron chi connectivity index (χ1n) is 2.29. The molecule has 0 unspecified atom stereocenters. The second kappa shape index (κ2) is 5.83. The minimum absolute atomic E-state index is 1.69. The highest BCUT2D eigenvalue weighted by Crippen LogP contribution is 2.01. The van der Waals surface area contributed by atoms with Crippen LogP contribution in [0.1, 0.15) is 13.8 Å². The van der Waals surface area contributed by atoms with E-state index >= 15 is 0 Å². The molecule has 0 aromatic carbocycles. The molecule has 0 fully saturated rings. The molecule has 0 nitrogen and oxygen atoms in total. The molecule has 7 heavy (non-hydrogen) atoms. The highest BCUT2D eigenvalue weighted by atomic mass is 32.2. The van der Waals surface area contributed by atoms with Crippen LogP contribution in [0, 0.1) is 0 Å². The first-order valence-corrected chi connectivity index (χ1v) is 3.24. The lowest BCUT2D eigenvalue weighted by Crippen LogP contribution is -1.39. The van der Waals surface area contributed by atoms with Crippen molar-refractivity contribution in [3.05, 3.63) is 23.0 Å². The van der Waals surface area contributed by atoms with Crippen LogP contribution in [0.3, 0.4) is 0 Å². The Morgan fingerprint density at radius 3 is 1.71 bits per heavy atom.